The number of rotatable bonds is 4. The molecule has 0 spiro atoms. The molecule has 92 heavy (non-hydrogen) atoms. The largest absolute Gasteiger partial charge is 0.309 e. The smallest absolute Gasteiger partial charge is 0.173 e. The van der Waals surface area contributed by atoms with E-state index >= 15 is 18.3 Å². The third-order valence-corrected chi connectivity index (χ3v) is 38.7. The number of hydrogen-bond acceptors (Lipinski definition) is 8. The first-order chi connectivity index (χ1) is 44.5. The maximum absolute atomic E-state index is 15.5. The zero-order valence-electron chi connectivity index (χ0n) is 50.3. The van der Waals surface area contributed by atoms with Crippen molar-refractivity contribution in [2.45, 2.75) is 77.7 Å². The highest BCUT2D eigenvalue weighted by Gasteiger charge is 2.48. The van der Waals surface area contributed by atoms with Crippen molar-refractivity contribution in [3.8, 4) is 22.3 Å². The van der Waals surface area contributed by atoms with Gasteiger partial charge in [-0.1, -0.05) is 197 Å². The predicted molar refractivity (Wildman–Crippen MR) is 383 cm³/mol. The average Bonchev–Trinajstić information content (AvgIpc) is 1.32. The number of hydrogen-bond donors (Lipinski definition) is 0. The van der Waals surface area contributed by atoms with E-state index in [1.807, 2.05) is 182 Å². The molecule has 4 aliphatic heterocycles. The van der Waals surface area contributed by atoms with Crippen LogP contribution in [-0.4, -0.2) is 8.42 Å². The molecule has 448 valence electrons. The van der Waals surface area contributed by atoms with Crippen LogP contribution in [0.25, 0.3) is 22.3 Å². The molecule has 0 amide bonds. The molecule has 0 atom stereocenters. The van der Waals surface area contributed by atoms with E-state index in [1.165, 1.54) is 0 Å². The van der Waals surface area contributed by atoms with Gasteiger partial charge in [-0.3, -0.25) is 0 Å². The summed E-state index contributed by atoms with van der Waals surface area (Å²) >= 11 is 3.40. The van der Waals surface area contributed by atoms with Crippen LogP contribution in [0.4, 0.5) is 0 Å². The Hall–Kier alpha value is -7.44. The zero-order valence-corrected chi connectivity index (χ0v) is 57.1. The van der Waals surface area contributed by atoms with E-state index in [9.17, 15) is 8.42 Å². The van der Waals surface area contributed by atoms with Gasteiger partial charge < -0.3 is 18.3 Å². The van der Waals surface area contributed by atoms with Crippen LogP contribution in [0.5, 0.6) is 0 Å². The zero-order chi connectivity index (χ0) is 62.8. The summed E-state index contributed by atoms with van der Waals surface area (Å²) in [6, 6.07) is 87.2. The summed E-state index contributed by atoms with van der Waals surface area (Å²) in [6.07, 6.45) is 0. The lowest BCUT2D eigenvalue weighted by atomic mass is 9.82. The molecule has 6 aliphatic rings. The summed E-state index contributed by atoms with van der Waals surface area (Å²) in [5.74, 6) is 0. The van der Waals surface area contributed by atoms with Crippen molar-refractivity contribution in [1.82, 2.24) is 0 Å². The van der Waals surface area contributed by atoms with Gasteiger partial charge in [0.25, 0.3) is 0 Å². The first kappa shape index (κ1) is 58.4. The Morgan fingerprint density at radius 1 is 0.261 bits per heavy atom. The molecule has 12 aromatic carbocycles. The minimum absolute atomic E-state index is 0.373. The molecule has 18 rings (SSSR count). The second-order valence-electron chi connectivity index (χ2n) is 25.1. The summed E-state index contributed by atoms with van der Waals surface area (Å²) in [6.45, 7) is 8.81. The van der Waals surface area contributed by atoms with Gasteiger partial charge in [-0.25, -0.2) is 8.42 Å². The summed E-state index contributed by atoms with van der Waals surface area (Å²) in [5, 5.41) is 9.28. The van der Waals surface area contributed by atoms with Gasteiger partial charge in [0.1, 0.15) is 0 Å². The Morgan fingerprint density at radius 2 is 0.457 bits per heavy atom. The van der Waals surface area contributed by atoms with Crippen LogP contribution in [0.2, 0.25) is 0 Å². The molecule has 0 unspecified atom stereocenters. The van der Waals surface area contributed by atoms with Crippen LogP contribution in [0, 0.1) is 0 Å². The molecule has 14 heteroatoms. The molecule has 0 aromatic heterocycles. The van der Waals surface area contributed by atoms with Gasteiger partial charge >= 0.3 is 0 Å². The molecule has 0 N–H and O–H groups in total. The third-order valence-electron chi connectivity index (χ3n) is 19.6. The highest BCUT2D eigenvalue weighted by atomic mass is 32.2. The lowest BCUT2D eigenvalue weighted by Crippen LogP contribution is -2.35. The lowest BCUT2D eigenvalue weighted by Gasteiger charge is -2.30. The number of fused-ring (bicyclic) bond motifs is 14. The standard InChI is InChI=1S/C39H28O4P2S2.C39H28O2P2S2/c1-39(2)29-23-25(44(40)31-11-3-7-15-35(31)46(42)36-16-8-4-12-32(36)44)19-21-27(29)28-22-20-26(24-30(28)39)45(41)33-13-5-9-17-37(33)47(43)38-18-10-6-14-34(38)45;1-39(2)29-23-25(42(40)31-11-3-7-15-35(31)44-36-16-8-4-12-32(36)42)19-21-27(29)28-22-20-26(24-30(28)39)43(41)33-13-5-9-17-37(33)45-38-18-10-6-14-34(38)43/h3-24H,1-2H3;3-24H,1-2H3. The van der Waals surface area contributed by atoms with Crippen LogP contribution >= 0.6 is 52.1 Å². The van der Waals surface area contributed by atoms with Gasteiger partial charge in [-0.05, 0) is 166 Å². The molecular formula is C78H56O6P4S4. The molecule has 0 saturated carbocycles. The molecule has 0 fully saturated rings. The van der Waals surface area contributed by atoms with E-state index in [0.717, 1.165) is 95.9 Å². The fraction of sp³-hybridized carbons (Fsp3) is 0.0769. The second-order valence-corrected chi connectivity index (χ2v) is 40.9. The monoisotopic (exact) mass is 1340 g/mol. The van der Waals surface area contributed by atoms with Gasteiger partial charge in [0.15, 0.2) is 28.6 Å². The minimum Gasteiger partial charge on any atom is -0.309 e. The van der Waals surface area contributed by atoms with Crippen LogP contribution in [-0.2, 0) is 50.7 Å². The van der Waals surface area contributed by atoms with Crippen molar-refractivity contribution in [3.05, 3.63) is 289 Å². The van der Waals surface area contributed by atoms with Gasteiger partial charge in [-0.15, -0.1) is 0 Å². The first-order valence-electron chi connectivity index (χ1n) is 30.5. The van der Waals surface area contributed by atoms with Gasteiger partial charge in [0.05, 0.1) is 41.2 Å². The highest BCUT2D eigenvalue weighted by molar-refractivity contribution is 8.03. The minimum atomic E-state index is -3.35. The van der Waals surface area contributed by atoms with Crippen LogP contribution in [0.15, 0.2) is 306 Å². The second kappa shape index (κ2) is 21.0. The van der Waals surface area contributed by atoms with E-state index < -0.39 is 55.6 Å². The van der Waals surface area contributed by atoms with Crippen LogP contribution < -0.4 is 63.7 Å². The highest BCUT2D eigenvalue weighted by Crippen LogP contribution is 2.59. The maximum atomic E-state index is 15.5. The van der Waals surface area contributed by atoms with E-state index in [1.54, 1.807) is 23.5 Å². The molecule has 4 heterocycles. The molecule has 0 radical (unpaired) electrons. The third kappa shape index (κ3) is 8.09. The topological polar surface area (TPSA) is 102 Å². The Labute approximate surface area is 548 Å². The Balaban J connectivity index is 0.000000141. The summed E-state index contributed by atoms with van der Waals surface area (Å²) in [5.41, 5.74) is 7.96. The van der Waals surface area contributed by atoms with Crippen LogP contribution in [0.3, 0.4) is 0 Å². The first-order valence-corrected chi connectivity index (χ1v) is 41.2. The van der Waals surface area contributed by atoms with Crippen molar-refractivity contribution in [1.29, 1.82) is 0 Å². The Morgan fingerprint density at radius 3 is 0.696 bits per heavy atom. The van der Waals surface area contributed by atoms with Gasteiger partial charge in [0, 0.05) is 94.1 Å². The van der Waals surface area contributed by atoms with Gasteiger partial charge in [0.2, 0.25) is 0 Å². The number of benzene rings is 12. The fourth-order valence-corrected chi connectivity index (χ4v) is 34.8. The quantitative estimate of drug-likeness (QED) is 0.161. The summed E-state index contributed by atoms with van der Waals surface area (Å²) in [7, 11) is -15.8. The average molecular weight is 1340 g/mol. The van der Waals surface area contributed by atoms with Crippen LogP contribution in [0.1, 0.15) is 49.9 Å². The van der Waals surface area contributed by atoms with E-state index in [0.29, 0.717) is 51.4 Å². The van der Waals surface area contributed by atoms with Gasteiger partial charge in [-0.2, -0.15) is 0 Å². The Bertz CT molecular complexity index is 5000. The molecule has 2 aliphatic carbocycles. The molecule has 6 nitrogen and oxygen atoms in total. The van der Waals surface area contributed by atoms with Crippen molar-refractivity contribution in [2.24, 2.45) is 0 Å². The normalized spacial score (nSPS) is 20.8. The van der Waals surface area contributed by atoms with Crippen molar-refractivity contribution >= 4 is 137 Å². The molecule has 12 aromatic rings. The fourth-order valence-electron chi connectivity index (χ4n) is 15.0. The van der Waals surface area contributed by atoms with Crippen molar-refractivity contribution in [3.63, 3.8) is 0 Å². The Kier molecular flexibility index (Phi) is 13.3. The molecule has 0 saturated heterocycles. The summed E-state index contributed by atoms with van der Waals surface area (Å²) in [4.78, 5) is 6.63. The van der Waals surface area contributed by atoms with E-state index in [4.69, 9.17) is 0 Å². The predicted octanol–water partition coefficient (Wildman–Crippen LogP) is 14.4. The lowest BCUT2D eigenvalue weighted by molar-refractivity contribution is 0.590. The van der Waals surface area contributed by atoms with Crippen molar-refractivity contribution < 1.29 is 26.7 Å². The summed E-state index contributed by atoms with van der Waals surface area (Å²) < 4.78 is 89.0. The van der Waals surface area contributed by atoms with Crippen molar-refractivity contribution in [2.75, 3.05) is 0 Å². The van der Waals surface area contributed by atoms with E-state index in [2.05, 4.69) is 113 Å². The maximum Gasteiger partial charge on any atom is 0.173 e. The SMILES string of the molecule is CC1(C)c2cc(P3(=O)c4ccccc4S(=O)c4ccccc43)ccc2-c2ccc(P3(=O)c4ccccc4S(=O)c4ccccc43)cc21.CC1(C)c2cc(P3(=O)c4ccccc4Sc4ccccc43)ccc2-c2ccc(P3(=O)c4ccccc4Sc4ccccc43)cc21. The molecule has 0 bridgehead atoms. The van der Waals surface area contributed by atoms with E-state index in [-0.39, 0.29) is 5.41 Å². The molecular weight excluding hydrogens is 1290 g/mol.